The molecule has 1 saturated heterocycles. The van der Waals surface area contributed by atoms with E-state index in [4.69, 9.17) is 0 Å². The van der Waals surface area contributed by atoms with E-state index >= 15 is 0 Å². The number of rotatable bonds is 3. The van der Waals surface area contributed by atoms with Crippen molar-refractivity contribution in [2.75, 3.05) is 26.2 Å². The van der Waals surface area contributed by atoms with Crippen molar-refractivity contribution < 1.29 is 13.2 Å². The minimum Gasteiger partial charge on any atom is -0.314 e. The molecule has 1 aliphatic rings. The Labute approximate surface area is 149 Å². The molecule has 128 valence electrons. The number of nitrogens with zero attached hydrogens (tertiary/aromatic N) is 1. The van der Waals surface area contributed by atoms with Gasteiger partial charge in [0.05, 0.1) is 6.04 Å². The summed E-state index contributed by atoms with van der Waals surface area (Å²) in [6.45, 7) is 3.07. The standard InChI is InChI=1S/C15H15F3N2S.2ClH/c16-11-9-13(18)12(17)8-10(11)15(14-2-1-7-21-14)20-5-3-19-4-6-20;;/h1-2,7-9,15,19H,3-6H2;2*1H/t15-;;/m1../s1. The number of thiophene rings is 1. The van der Waals surface area contributed by atoms with Crippen molar-refractivity contribution in [3.63, 3.8) is 0 Å². The van der Waals surface area contributed by atoms with E-state index in [1.807, 2.05) is 17.5 Å². The zero-order valence-corrected chi connectivity index (χ0v) is 14.5. The van der Waals surface area contributed by atoms with E-state index in [1.54, 1.807) is 0 Å². The molecule has 0 aliphatic carbocycles. The number of hydrogen-bond donors (Lipinski definition) is 1. The van der Waals surface area contributed by atoms with Gasteiger partial charge in [0.2, 0.25) is 0 Å². The van der Waals surface area contributed by atoms with Crippen LogP contribution in [0.15, 0.2) is 29.6 Å². The van der Waals surface area contributed by atoms with Gasteiger partial charge in [-0.25, -0.2) is 13.2 Å². The van der Waals surface area contributed by atoms with Gasteiger partial charge in [-0.2, -0.15) is 0 Å². The highest BCUT2D eigenvalue weighted by Crippen LogP contribution is 2.34. The summed E-state index contributed by atoms with van der Waals surface area (Å²) in [5, 5.41) is 5.14. The minimum absolute atomic E-state index is 0. The van der Waals surface area contributed by atoms with Gasteiger partial charge in [0.25, 0.3) is 0 Å². The van der Waals surface area contributed by atoms with Crippen LogP contribution in [0.1, 0.15) is 16.5 Å². The van der Waals surface area contributed by atoms with E-state index in [-0.39, 0.29) is 36.4 Å². The average Bonchev–Trinajstić information content (AvgIpc) is 3.00. The molecule has 0 unspecified atom stereocenters. The van der Waals surface area contributed by atoms with Crippen LogP contribution in [0.2, 0.25) is 0 Å². The van der Waals surface area contributed by atoms with Crippen LogP contribution in [-0.2, 0) is 0 Å². The third-order valence-corrected chi connectivity index (χ3v) is 4.59. The maximum atomic E-state index is 14.2. The molecule has 2 heterocycles. The number of piperazine rings is 1. The predicted molar refractivity (Wildman–Crippen MR) is 91.4 cm³/mol. The van der Waals surface area contributed by atoms with Crippen LogP contribution in [0.3, 0.4) is 0 Å². The number of halogens is 5. The molecular formula is C15H17Cl2F3N2S. The molecule has 2 nitrogen and oxygen atoms in total. The summed E-state index contributed by atoms with van der Waals surface area (Å²) in [5.41, 5.74) is 0.193. The minimum atomic E-state index is -1.15. The third-order valence-electron chi connectivity index (χ3n) is 3.66. The van der Waals surface area contributed by atoms with Crippen molar-refractivity contribution in [2.24, 2.45) is 0 Å². The second kappa shape index (κ2) is 8.89. The molecule has 2 aromatic rings. The highest BCUT2D eigenvalue weighted by molar-refractivity contribution is 7.10. The monoisotopic (exact) mass is 384 g/mol. The summed E-state index contributed by atoms with van der Waals surface area (Å²) in [7, 11) is 0. The molecule has 1 fully saturated rings. The van der Waals surface area contributed by atoms with E-state index in [1.165, 1.54) is 11.3 Å². The van der Waals surface area contributed by atoms with Crippen LogP contribution in [-0.4, -0.2) is 31.1 Å². The van der Waals surface area contributed by atoms with E-state index in [0.29, 0.717) is 6.07 Å². The van der Waals surface area contributed by atoms with Gasteiger partial charge in [-0.1, -0.05) is 6.07 Å². The van der Waals surface area contributed by atoms with E-state index < -0.39 is 17.5 Å². The summed E-state index contributed by atoms with van der Waals surface area (Å²) in [6, 6.07) is 5.03. The first kappa shape index (κ1) is 20.3. The van der Waals surface area contributed by atoms with Crippen LogP contribution in [0.5, 0.6) is 0 Å². The van der Waals surface area contributed by atoms with E-state index in [2.05, 4.69) is 10.2 Å². The van der Waals surface area contributed by atoms with Gasteiger partial charge in [-0.15, -0.1) is 36.2 Å². The Bertz CT molecular complexity index is 619. The molecule has 1 aliphatic heterocycles. The fourth-order valence-corrected chi connectivity index (χ4v) is 3.54. The summed E-state index contributed by atoms with van der Waals surface area (Å²) in [6.07, 6.45) is 0. The molecule has 23 heavy (non-hydrogen) atoms. The van der Waals surface area contributed by atoms with E-state index in [0.717, 1.165) is 37.1 Å². The first-order valence-corrected chi connectivity index (χ1v) is 7.67. The molecule has 1 aromatic heterocycles. The maximum absolute atomic E-state index is 14.2. The number of benzene rings is 1. The zero-order chi connectivity index (χ0) is 14.8. The van der Waals surface area contributed by atoms with E-state index in [9.17, 15) is 13.2 Å². The summed E-state index contributed by atoms with van der Waals surface area (Å²) in [4.78, 5) is 3.03. The number of hydrogen-bond acceptors (Lipinski definition) is 3. The van der Waals surface area contributed by atoms with Gasteiger partial charge in [0.1, 0.15) is 5.82 Å². The highest BCUT2D eigenvalue weighted by atomic mass is 35.5. The lowest BCUT2D eigenvalue weighted by atomic mass is 10.0. The molecule has 0 spiro atoms. The van der Waals surface area contributed by atoms with Crippen LogP contribution >= 0.6 is 36.2 Å². The Balaban J connectivity index is 0.00000132. The SMILES string of the molecule is Cl.Cl.Fc1cc(F)c([C@H](c2cccs2)N2CCNCC2)cc1F. The Morgan fingerprint density at radius 2 is 1.65 bits per heavy atom. The largest absolute Gasteiger partial charge is 0.314 e. The topological polar surface area (TPSA) is 15.3 Å². The molecule has 1 N–H and O–H groups in total. The van der Waals surface area contributed by atoms with Gasteiger partial charge in [-0.05, 0) is 17.5 Å². The van der Waals surface area contributed by atoms with Crippen LogP contribution in [0.25, 0.3) is 0 Å². The van der Waals surface area contributed by atoms with Crippen LogP contribution in [0.4, 0.5) is 13.2 Å². The number of nitrogens with one attached hydrogen (secondary N) is 1. The van der Waals surface area contributed by atoms with Crippen molar-refractivity contribution in [3.05, 3.63) is 57.5 Å². The molecule has 0 saturated carbocycles. The lowest BCUT2D eigenvalue weighted by Crippen LogP contribution is -2.45. The fourth-order valence-electron chi connectivity index (χ4n) is 2.66. The smallest absolute Gasteiger partial charge is 0.161 e. The summed E-state index contributed by atoms with van der Waals surface area (Å²) < 4.78 is 40.9. The van der Waals surface area contributed by atoms with Gasteiger partial charge in [0.15, 0.2) is 11.6 Å². The Morgan fingerprint density at radius 3 is 2.26 bits per heavy atom. The fraction of sp³-hybridized carbons (Fsp3) is 0.333. The van der Waals surface area contributed by atoms with Crippen molar-refractivity contribution in [3.8, 4) is 0 Å². The molecule has 0 radical (unpaired) electrons. The normalized spacial score (nSPS) is 16.3. The van der Waals surface area contributed by atoms with Gasteiger partial charge < -0.3 is 5.32 Å². The van der Waals surface area contributed by atoms with Crippen molar-refractivity contribution in [2.45, 2.75) is 6.04 Å². The lowest BCUT2D eigenvalue weighted by molar-refractivity contribution is 0.197. The molecular weight excluding hydrogens is 368 g/mol. The lowest BCUT2D eigenvalue weighted by Gasteiger charge is -2.34. The first-order valence-electron chi connectivity index (χ1n) is 6.79. The highest BCUT2D eigenvalue weighted by Gasteiger charge is 2.28. The molecule has 3 rings (SSSR count). The zero-order valence-electron chi connectivity index (χ0n) is 12.1. The second-order valence-corrected chi connectivity index (χ2v) is 5.97. The van der Waals surface area contributed by atoms with Crippen LogP contribution in [0, 0.1) is 17.5 Å². The summed E-state index contributed by atoms with van der Waals surface area (Å²) in [5.74, 6) is -2.87. The quantitative estimate of drug-likeness (QED) is 0.804. The predicted octanol–water partition coefficient (Wildman–Crippen LogP) is 4.00. The molecule has 0 amide bonds. The van der Waals surface area contributed by atoms with Crippen molar-refractivity contribution >= 4 is 36.2 Å². The van der Waals surface area contributed by atoms with Gasteiger partial charge in [0, 0.05) is 42.7 Å². The van der Waals surface area contributed by atoms with Gasteiger partial charge >= 0.3 is 0 Å². The third kappa shape index (κ3) is 4.39. The summed E-state index contributed by atoms with van der Waals surface area (Å²) >= 11 is 1.49. The van der Waals surface area contributed by atoms with Gasteiger partial charge in [-0.3, -0.25) is 4.90 Å². The average molecular weight is 385 g/mol. The molecule has 0 bridgehead atoms. The molecule has 8 heteroatoms. The molecule has 1 aromatic carbocycles. The second-order valence-electron chi connectivity index (χ2n) is 4.99. The van der Waals surface area contributed by atoms with Crippen molar-refractivity contribution in [1.29, 1.82) is 0 Å². The molecule has 1 atom stereocenters. The first-order chi connectivity index (χ1) is 10.2. The Kier molecular flexibility index (Phi) is 7.83. The Hall–Kier alpha value is -0.790. The Morgan fingerprint density at radius 1 is 1.00 bits per heavy atom. The van der Waals surface area contributed by atoms with Crippen molar-refractivity contribution in [1.82, 2.24) is 10.2 Å². The van der Waals surface area contributed by atoms with Crippen LogP contribution < -0.4 is 5.32 Å². The maximum Gasteiger partial charge on any atom is 0.161 e.